The van der Waals surface area contributed by atoms with E-state index in [0.717, 1.165) is 0 Å². The molecule has 0 atom stereocenters. The molecule has 0 heterocycles. The summed E-state index contributed by atoms with van der Waals surface area (Å²) in [4.78, 5) is 0. The molecule has 13 heavy (non-hydrogen) atoms. The van der Waals surface area contributed by atoms with E-state index in [1.54, 1.807) is 12.1 Å². The molecule has 0 unspecified atom stereocenters. The van der Waals surface area contributed by atoms with Crippen molar-refractivity contribution in [1.29, 1.82) is 0 Å². The van der Waals surface area contributed by atoms with Crippen LogP contribution >= 0.6 is 27.5 Å². The second-order valence-electron chi connectivity index (χ2n) is 2.25. The van der Waals surface area contributed by atoms with Crippen LogP contribution in [0.5, 0.6) is 5.75 Å². The van der Waals surface area contributed by atoms with E-state index in [1.807, 2.05) is 0 Å². The highest BCUT2D eigenvalue weighted by Crippen LogP contribution is 2.31. The van der Waals surface area contributed by atoms with Gasteiger partial charge in [0.1, 0.15) is 12.4 Å². The maximum absolute atomic E-state index is 11.8. The molecule has 0 aliphatic carbocycles. The van der Waals surface area contributed by atoms with Gasteiger partial charge in [0.25, 0.3) is 6.43 Å². The fourth-order valence-corrected chi connectivity index (χ4v) is 1.28. The van der Waals surface area contributed by atoms with Crippen molar-refractivity contribution in [2.75, 3.05) is 6.61 Å². The van der Waals surface area contributed by atoms with E-state index < -0.39 is 13.0 Å². The maximum Gasteiger partial charge on any atom is 0.272 e. The third-order valence-electron chi connectivity index (χ3n) is 1.28. The largest absolute Gasteiger partial charge is 0.486 e. The molecule has 0 amide bonds. The minimum Gasteiger partial charge on any atom is -0.486 e. The summed E-state index contributed by atoms with van der Waals surface area (Å²) in [5.41, 5.74) is 0. The lowest BCUT2D eigenvalue weighted by atomic mass is 10.3. The Morgan fingerprint density at radius 3 is 2.77 bits per heavy atom. The molecular weight excluding hydrogens is 265 g/mol. The van der Waals surface area contributed by atoms with Gasteiger partial charge < -0.3 is 4.74 Å². The van der Waals surface area contributed by atoms with E-state index in [1.165, 1.54) is 6.07 Å². The third-order valence-corrected chi connectivity index (χ3v) is 2.56. The fourth-order valence-electron chi connectivity index (χ4n) is 0.748. The fraction of sp³-hybridized carbons (Fsp3) is 0.250. The lowest BCUT2D eigenvalue weighted by Crippen LogP contribution is -2.07. The van der Waals surface area contributed by atoms with Gasteiger partial charge in [-0.05, 0) is 28.1 Å². The minimum atomic E-state index is -2.49. The van der Waals surface area contributed by atoms with Crippen LogP contribution < -0.4 is 4.74 Å². The summed E-state index contributed by atoms with van der Waals surface area (Å²) in [5.74, 6) is 0.261. The Morgan fingerprint density at radius 1 is 1.46 bits per heavy atom. The Bertz CT molecular complexity index is 293. The number of rotatable bonds is 3. The van der Waals surface area contributed by atoms with E-state index in [4.69, 9.17) is 16.3 Å². The van der Waals surface area contributed by atoms with Gasteiger partial charge in [0.05, 0.1) is 5.02 Å². The molecule has 0 fully saturated rings. The van der Waals surface area contributed by atoms with Crippen LogP contribution in [0.3, 0.4) is 0 Å². The number of hydrogen-bond acceptors (Lipinski definition) is 1. The van der Waals surface area contributed by atoms with E-state index in [2.05, 4.69) is 15.9 Å². The van der Waals surface area contributed by atoms with E-state index >= 15 is 0 Å². The summed E-state index contributed by atoms with van der Waals surface area (Å²) in [6, 6.07) is 4.91. The van der Waals surface area contributed by atoms with Crippen molar-refractivity contribution in [2.24, 2.45) is 0 Å². The molecule has 0 N–H and O–H groups in total. The summed E-state index contributed by atoms with van der Waals surface area (Å²) in [6.07, 6.45) is -2.49. The van der Waals surface area contributed by atoms with Crippen LogP contribution in [0.4, 0.5) is 8.78 Å². The van der Waals surface area contributed by atoms with Crippen LogP contribution in [0.25, 0.3) is 0 Å². The van der Waals surface area contributed by atoms with E-state index in [-0.39, 0.29) is 5.75 Å². The molecule has 0 aliphatic rings. The van der Waals surface area contributed by atoms with Crippen LogP contribution in [0, 0.1) is 0 Å². The summed E-state index contributed by atoms with van der Waals surface area (Å²) >= 11 is 8.91. The van der Waals surface area contributed by atoms with Crippen molar-refractivity contribution < 1.29 is 13.5 Å². The Labute approximate surface area is 87.8 Å². The molecular formula is C8H6BrClF2O. The highest BCUT2D eigenvalue weighted by atomic mass is 79.9. The molecule has 5 heteroatoms. The summed E-state index contributed by atoms with van der Waals surface area (Å²) < 4.78 is 28.9. The SMILES string of the molecule is FC(F)COc1cccc(Br)c1Cl. The second kappa shape index (κ2) is 4.77. The van der Waals surface area contributed by atoms with Gasteiger partial charge in [-0.3, -0.25) is 0 Å². The molecule has 0 radical (unpaired) electrons. The Hall–Kier alpha value is -0.350. The van der Waals surface area contributed by atoms with Crippen LogP contribution in [0.1, 0.15) is 0 Å². The average Bonchev–Trinajstić information content (AvgIpc) is 2.07. The monoisotopic (exact) mass is 270 g/mol. The van der Waals surface area contributed by atoms with Crippen molar-refractivity contribution in [3.05, 3.63) is 27.7 Å². The number of ether oxygens (including phenoxy) is 1. The molecule has 72 valence electrons. The molecule has 0 saturated heterocycles. The van der Waals surface area contributed by atoms with Crippen LogP contribution in [-0.4, -0.2) is 13.0 Å². The van der Waals surface area contributed by atoms with Crippen LogP contribution in [0.15, 0.2) is 22.7 Å². The zero-order chi connectivity index (χ0) is 9.84. The molecule has 0 aliphatic heterocycles. The predicted octanol–water partition coefficient (Wildman–Crippen LogP) is 3.75. The molecule has 1 aromatic carbocycles. The molecule has 0 aromatic heterocycles. The van der Waals surface area contributed by atoms with Crippen molar-refractivity contribution in [3.63, 3.8) is 0 Å². The first kappa shape index (κ1) is 10.7. The van der Waals surface area contributed by atoms with Crippen molar-refractivity contribution in [1.82, 2.24) is 0 Å². The highest BCUT2D eigenvalue weighted by molar-refractivity contribution is 9.10. The minimum absolute atomic E-state index is 0.261. The topological polar surface area (TPSA) is 9.23 Å². The number of benzene rings is 1. The lowest BCUT2D eigenvalue weighted by molar-refractivity contribution is 0.0819. The summed E-state index contributed by atoms with van der Waals surface area (Å²) in [5, 5.41) is 0.308. The maximum atomic E-state index is 11.8. The molecule has 1 rings (SSSR count). The van der Waals surface area contributed by atoms with Gasteiger partial charge in [-0.15, -0.1) is 0 Å². The lowest BCUT2D eigenvalue weighted by Gasteiger charge is -2.07. The molecule has 0 spiro atoms. The summed E-state index contributed by atoms with van der Waals surface area (Å²) in [7, 11) is 0. The Kier molecular flexibility index (Phi) is 3.93. The quantitative estimate of drug-likeness (QED) is 0.813. The Balaban J connectivity index is 2.71. The molecule has 0 bridgehead atoms. The molecule has 1 nitrogen and oxygen atoms in total. The second-order valence-corrected chi connectivity index (χ2v) is 3.49. The first-order valence-corrected chi connectivity index (χ1v) is 4.63. The van der Waals surface area contributed by atoms with Crippen molar-refractivity contribution >= 4 is 27.5 Å². The van der Waals surface area contributed by atoms with Crippen LogP contribution in [0.2, 0.25) is 5.02 Å². The molecule has 1 aromatic rings. The van der Waals surface area contributed by atoms with Crippen molar-refractivity contribution in [3.8, 4) is 5.75 Å². The van der Waals surface area contributed by atoms with E-state index in [9.17, 15) is 8.78 Å². The third kappa shape index (κ3) is 3.12. The van der Waals surface area contributed by atoms with Crippen molar-refractivity contribution in [2.45, 2.75) is 6.43 Å². The van der Waals surface area contributed by atoms with Gasteiger partial charge in [-0.25, -0.2) is 8.78 Å². The predicted molar refractivity (Wildman–Crippen MR) is 50.7 cm³/mol. The Morgan fingerprint density at radius 2 is 2.15 bits per heavy atom. The van der Waals surface area contributed by atoms with Gasteiger partial charge in [0.2, 0.25) is 0 Å². The zero-order valence-electron chi connectivity index (χ0n) is 6.44. The number of alkyl halides is 2. The zero-order valence-corrected chi connectivity index (χ0v) is 8.78. The standard InChI is InChI=1S/C8H6BrClF2O/c9-5-2-1-3-6(8(5)10)13-4-7(11)12/h1-3,7H,4H2. The van der Waals surface area contributed by atoms with Gasteiger partial charge >= 0.3 is 0 Å². The van der Waals surface area contributed by atoms with Gasteiger partial charge in [0, 0.05) is 4.47 Å². The van der Waals surface area contributed by atoms with Gasteiger partial charge in [-0.1, -0.05) is 17.7 Å². The highest BCUT2D eigenvalue weighted by Gasteiger charge is 2.08. The first-order valence-electron chi connectivity index (χ1n) is 3.46. The average molecular weight is 271 g/mol. The molecule has 0 saturated carbocycles. The van der Waals surface area contributed by atoms with Gasteiger partial charge in [0.15, 0.2) is 0 Å². The number of halogens is 4. The number of hydrogen-bond donors (Lipinski definition) is 0. The van der Waals surface area contributed by atoms with Gasteiger partial charge in [-0.2, -0.15) is 0 Å². The van der Waals surface area contributed by atoms with Crippen LogP contribution in [-0.2, 0) is 0 Å². The van der Waals surface area contributed by atoms with E-state index in [0.29, 0.717) is 9.50 Å². The normalized spacial score (nSPS) is 10.5. The first-order chi connectivity index (χ1) is 6.11. The summed E-state index contributed by atoms with van der Waals surface area (Å²) in [6.45, 7) is -0.643. The smallest absolute Gasteiger partial charge is 0.272 e.